The van der Waals surface area contributed by atoms with Crippen molar-refractivity contribution < 1.29 is 4.74 Å². The van der Waals surface area contributed by atoms with Gasteiger partial charge in [0.15, 0.2) is 0 Å². The highest BCUT2D eigenvalue weighted by molar-refractivity contribution is 4.75. The Hall–Kier alpha value is -0.0800. The van der Waals surface area contributed by atoms with E-state index in [0.717, 1.165) is 26.3 Å². The van der Waals surface area contributed by atoms with Crippen LogP contribution in [0.25, 0.3) is 0 Å². The van der Waals surface area contributed by atoms with Crippen LogP contribution in [0.5, 0.6) is 0 Å². The normalized spacial score (nSPS) is 18.6. The molecule has 0 bridgehead atoms. The van der Waals surface area contributed by atoms with Crippen LogP contribution in [0, 0.1) is 5.92 Å². The van der Waals surface area contributed by atoms with E-state index < -0.39 is 0 Å². The maximum absolute atomic E-state index is 5.33. The molecule has 0 aliphatic carbocycles. The zero-order valence-electron chi connectivity index (χ0n) is 10.4. The zero-order valence-corrected chi connectivity index (χ0v) is 10.4. The maximum atomic E-state index is 5.33. The van der Waals surface area contributed by atoms with Gasteiger partial charge in [-0.2, -0.15) is 0 Å². The van der Waals surface area contributed by atoms with Crippen LogP contribution in [0.3, 0.4) is 0 Å². The van der Waals surface area contributed by atoms with Crippen LogP contribution in [-0.2, 0) is 4.74 Å². The molecular formula is C13H26NO. The minimum absolute atomic E-state index is 0.935. The van der Waals surface area contributed by atoms with Gasteiger partial charge in [-0.3, -0.25) is 4.90 Å². The Morgan fingerprint density at radius 3 is 2.33 bits per heavy atom. The summed E-state index contributed by atoms with van der Waals surface area (Å²) < 4.78 is 5.33. The van der Waals surface area contributed by atoms with Crippen molar-refractivity contribution in [2.45, 2.75) is 46.0 Å². The van der Waals surface area contributed by atoms with E-state index in [9.17, 15) is 0 Å². The van der Waals surface area contributed by atoms with Gasteiger partial charge >= 0.3 is 0 Å². The molecule has 0 atom stereocenters. The Morgan fingerprint density at radius 2 is 1.67 bits per heavy atom. The second-order valence-corrected chi connectivity index (χ2v) is 4.83. The van der Waals surface area contributed by atoms with Crippen molar-refractivity contribution in [1.82, 2.24) is 4.90 Å². The fourth-order valence-electron chi connectivity index (χ4n) is 1.99. The molecule has 0 amide bonds. The predicted octanol–water partition coefficient (Wildman–Crippen LogP) is 2.88. The molecule has 0 spiro atoms. The highest BCUT2D eigenvalue weighted by Gasteiger charge is 2.08. The quantitative estimate of drug-likeness (QED) is 0.602. The molecule has 1 rings (SSSR count). The highest BCUT2D eigenvalue weighted by atomic mass is 16.5. The molecule has 0 aromatic rings. The zero-order chi connectivity index (χ0) is 10.9. The number of hydrogen-bond donors (Lipinski definition) is 0. The first-order valence-electron chi connectivity index (χ1n) is 6.38. The van der Waals surface area contributed by atoms with Gasteiger partial charge in [-0.05, 0) is 25.3 Å². The standard InChI is InChI=1S/C13H26NO/c1-13(2)7-5-3-4-6-8-14-9-11-15-12-10-14/h3-12H2,1-2H3. The molecule has 0 aromatic carbocycles. The molecule has 15 heavy (non-hydrogen) atoms. The van der Waals surface area contributed by atoms with Crippen LogP contribution in [0.1, 0.15) is 46.0 Å². The summed E-state index contributed by atoms with van der Waals surface area (Å²) in [6.45, 7) is 9.89. The molecule has 0 aromatic heterocycles. The van der Waals surface area contributed by atoms with Gasteiger partial charge in [0.1, 0.15) is 0 Å². The van der Waals surface area contributed by atoms with E-state index >= 15 is 0 Å². The third-order valence-electron chi connectivity index (χ3n) is 3.00. The third-order valence-corrected chi connectivity index (χ3v) is 3.00. The van der Waals surface area contributed by atoms with Crippen molar-refractivity contribution in [3.63, 3.8) is 0 Å². The first-order chi connectivity index (χ1) is 7.29. The van der Waals surface area contributed by atoms with Crippen LogP contribution in [0.4, 0.5) is 0 Å². The lowest BCUT2D eigenvalue weighted by atomic mass is 10.0. The average Bonchev–Trinajstić information content (AvgIpc) is 2.24. The SMILES string of the molecule is C[C](C)CCCCCCN1CCOCC1. The fourth-order valence-corrected chi connectivity index (χ4v) is 1.99. The van der Waals surface area contributed by atoms with Crippen LogP contribution in [0.2, 0.25) is 0 Å². The van der Waals surface area contributed by atoms with E-state index in [4.69, 9.17) is 4.74 Å². The number of rotatable bonds is 7. The summed E-state index contributed by atoms with van der Waals surface area (Å²) in [6.07, 6.45) is 6.85. The average molecular weight is 212 g/mol. The molecule has 1 aliphatic heterocycles. The highest BCUT2D eigenvalue weighted by Crippen LogP contribution is 2.11. The predicted molar refractivity (Wildman–Crippen MR) is 64.9 cm³/mol. The molecular weight excluding hydrogens is 186 g/mol. The van der Waals surface area contributed by atoms with Gasteiger partial charge in [0.05, 0.1) is 13.2 Å². The van der Waals surface area contributed by atoms with Crippen molar-refractivity contribution in [2.24, 2.45) is 0 Å². The van der Waals surface area contributed by atoms with Gasteiger partial charge in [0.25, 0.3) is 0 Å². The molecule has 0 saturated carbocycles. The first kappa shape index (κ1) is 13.0. The van der Waals surface area contributed by atoms with Gasteiger partial charge in [-0.1, -0.05) is 33.1 Å². The second kappa shape index (κ2) is 8.12. The topological polar surface area (TPSA) is 12.5 Å². The van der Waals surface area contributed by atoms with Crippen molar-refractivity contribution in [2.75, 3.05) is 32.8 Å². The molecule has 2 heteroatoms. The van der Waals surface area contributed by atoms with Gasteiger partial charge in [-0.25, -0.2) is 0 Å². The van der Waals surface area contributed by atoms with Crippen LogP contribution in [0.15, 0.2) is 0 Å². The number of ether oxygens (including phenoxy) is 1. The summed E-state index contributed by atoms with van der Waals surface area (Å²) >= 11 is 0. The lowest BCUT2D eigenvalue weighted by molar-refractivity contribution is 0.0371. The van der Waals surface area contributed by atoms with Gasteiger partial charge < -0.3 is 4.74 Å². The number of unbranched alkanes of at least 4 members (excludes halogenated alkanes) is 3. The Balaban J connectivity index is 1.83. The maximum Gasteiger partial charge on any atom is 0.0594 e. The second-order valence-electron chi connectivity index (χ2n) is 4.83. The largest absolute Gasteiger partial charge is 0.379 e. The Kier molecular flexibility index (Phi) is 7.03. The van der Waals surface area contributed by atoms with Gasteiger partial charge in [0.2, 0.25) is 0 Å². The molecule has 1 heterocycles. The van der Waals surface area contributed by atoms with Crippen molar-refractivity contribution in [3.05, 3.63) is 5.92 Å². The van der Waals surface area contributed by atoms with Crippen molar-refractivity contribution in [1.29, 1.82) is 0 Å². The summed E-state index contributed by atoms with van der Waals surface area (Å²) in [5.41, 5.74) is 0. The molecule has 1 saturated heterocycles. The monoisotopic (exact) mass is 212 g/mol. The van der Waals surface area contributed by atoms with E-state index in [-0.39, 0.29) is 0 Å². The summed E-state index contributed by atoms with van der Waals surface area (Å²) in [4.78, 5) is 2.53. The molecule has 1 radical (unpaired) electrons. The molecule has 1 aliphatic rings. The van der Waals surface area contributed by atoms with Crippen LogP contribution >= 0.6 is 0 Å². The summed E-state index contributed by atoms with van der Waals surface area (Å²) in [5, 5.41) is 0. The Bertz CT molecular complexity index is 141. The third kappa shape index (κ3) is 6.91. The molecule has 0 unspecified atom stereocenters. The number of nitrogens with zero attached hydrogens (tertiary/aromatic N) is 1. The lowest BCUT2D eigenvalue weighted by Crippen LogP contribution is -2.36. The van der Waals surface area contributed by atoms with Crippen LogP contribution < -0.4 is 0 Å². The van der Waals surface area contributed by atoms with E-state index in [1.54, 1.807) is 5.92 Å². The Morgan fingerprint density at radius 1 is 1.00 bits per heavy atom. The minimum atomic E-state index is 0.935. The lowest BCUT2D eigenvalue weighted by Gasteiger charge is -2.26. The minimum Gasteiger partial charge on any atom is -0.379 e. The van der Waals surface area contributed by atoms with Crippen LogP contribution in [-0.4, -0.2) is 37.7 Å². The fraction of sp³-hybridized carbons (Fsp3) is 0.923. The van der Waals surface area contributed by atoms with E-state index in [1.807, 2.05) is 0 Å². The van der Waals surface area contributed by atoms with Gasteiger partial charge in [0, 0.05) is 13.1 Å². The summed E-state index contributed by atoms with van der Waals surface area (Å²) in [5.74, 6) is 1.57. The Labute approximate surface area is 95.0 Å². The van der Waals surface area contributed by atoms with Crippen molar-refractivity contribution >= 4 is 0 Å². The molecule has 0 N–H and O–H groups in total. The van der Waals surface area contributed by atoms with E-state index in [2.05, 4.69) is 18.7 Å². The van der Waals surface area contributed by atoms with Crippen molar-refractivity contribution in [3.8, 4) is 0 Å². The molecule has 2 nitrogen and oxygen atoms in total. The number of hydrogen-bond acceptors (Lipinski definition) is 2. The summed E-state index contributed by atoms with van der Waals surface area (Å²) in [7, 11) is 0. The van der Waals surface area contributed by atoms with E-state index in [1.165, 1.54) is 38.6 Å². The van der Waals surface area contributed by atoms with Gasteiger partial charge in [-0.15, -0.1) is 0 Å². The molecule has 1 fully saturated rings. The number of morpholine rings is 1. The summed E-state index contributed by atoms with van der Waals surface area (Å²) in [6, 6.07) is 0. The smallest absolute Gasteiger partial charge is 0.0594 e. The van der Waals surface area contributed by atoms with E-state index in [0.29, 0.717) is 0 Å². The first-order valence-corrected chi connectivity index (χ1v) is 6.38. The molecule has 89 valence electrons.